The van der Waals surface area contributed by atoms with E-state index in [1.54, 1.807) is 6.20 Å². The molecule has 1 aromatic carbocycles. The van der Waals surface area contributed by atoms with Gasteiger partial charge < -0.3 is 15.0 Å². The molecule has 2 atom stereocenters. The number of amides is 4. The zero-order valence-electron chi connectivity index (χ0n) is 20.1. The fourth-order valence-electron chi connectivity index (χ4n) is 5.78. The van der Waals surface area contributed by atoms with Crippen molar-refractivity contribution in [1.82, 2.24) is 20.1 Å². The molecule has 0 bridgehead atoms. The Bertz CT molecular complexity index is 1070. The number of pyridine rings is 1. The van der Waals surface area contributed by atoms with Crippen LogP contribution in [0.5, 0.6) is 5.75 Å². The molecular weight excluding hydrogens is 444 g/mol. The van der Waals surface area contributed by atoms with Crippen LogP contribution in [-0.4, -0.2) is 63.9 Å². The number of fused-ring (bicyclic) bond motifs is 1. The van der Waals surface area contributed by atoms with Crippen molar-refractivity contribution in [1.29, 1.82) is 0 Å². The first-order chi connectivity index (χ1) is 17.0. The number of likely N-dealkylation sites (tertiary alicyclic amines) is 1. The van der Waals surface area contributed by atoms with Gasteiger partial charge in [0, 0.05) is 44.4 Å². The number of carbonyl (C=O) groups excluding carboxylic acids is 3. The van der Waals surface area contributed by atoms with Crippen molar-refractivity contribution in [2.24, 2.45) is 5.92 Å². The molecule has 0 saturated carbocycles. The van der Waals surface area contributed by atoms with Crippen LogP contribution in [0.4, 0.5) is 4.79 Å². The molecule has 0 unspecified atom stereocenters. The fourth-order valence-corrected chi connectivity index (χ4v) is 5.78. The van der Waals surface area contributed by atoms with Crippen LogP contribution < -0.4 is 10.1 Å². The van der Waals surface area contributed by atoms with Crippen molar-refractivity contribution < 1.29 is 19.1 Å². The third kappa shape index (κ3) is 4.37. The highest BCUT2D eigenvalue weighted by molar-refractivity contribution is 6.07. The van der Waals surface area contributed by atoms with Crippen LogP contribution in [0, 0.1) is 5.92 Å². The number of ether oxygens (including phenoxy) is 1. The number of benzene rings is 1. The Balaban J connectivity index is 1.23. The Labute approximate surface area is 205 Å². The van der Waals surface area contributed by atoms with Gasteiger partial charge in [0.25, 0.3) is 11.8 Å². The molecule has 2 fully saturated rings. The Kier molecular flexibility index (Phi) is 6.45. The maximum atomic E-state index is 13.6. The molecule has 3 aliphatic rings. The van der Waals surface area contributed by atoms with Crippen molar-refractivity contribution in [3.63, 3.8) is 0 Å². The Morgan fingerprint density at radius 1 is 1.14 bits per heavy atom. The summed E-state index contributed by atoms with van der Waals surface area (Å²) in [6.45, 7) is 3.46. The number of urea groups is 1. The summed E-state index contributed by atoms with van der Waals surface area (Å²) in [6.07, 6.45) is 5.07. The minimum atomic E-state index is -0.898. The van der Waals surface area contributed by atoms with Crippen LogP contribution in [0.25, 0.3) is 0 Å². The molecule has 4 amide bonds. The van der Waals surface area contributed by atoms with Gasteiger partial charge in [0.05, 0.1) is 0 Å². The summed E-state index contributed by atoms with van der Waals surface area (Å²) in [7, 11) is 0. The molecule has 2 aromatic rings. The summed E-state index contributed by atoms with van der Waals surface area (Å²) >= 11 is 0. The number of piperidine rings is 1. The maximum absolute atomic E-state index is 13.6. The standard InChI is InChI=1S/C27H32N4O4/c1-2-13-27(25(33)31(26(34)29-27)17-12-21-8-5-6-14-28-21)20-10-15-30(16-11-20)24(32)23-18-19-7-3-4-9-22(19)35-23/h3-9,14,20,23H,2,10-13,15-18H2,1H3,(H,29,34)/t23-,27-/m0/s1. The van der Waals surface area contributed by atoms with Gasteiger partial charge in [-0.2, -0.15) is 0 Å². The molecule has 1 aromatic heterocycles. The minimum Gasteiger partial charge on any atom is -0.480 e. The first kappa shape index (κ1) is 23.3. The van der Waals surface area contributed by atoms with Gasteiger partial charge in [-0.3, -0.25) is 19.5 Å². The van der Waals surface area contributed by atoms with E-state index in [9.17, 15) is 14.4 Å². The number of hydrogen-bond donors (Lipinski definition) is 1. The normalized spacial score (nSPS) is 24.3. The molecule has 35 heavy (non-hydrogen) atoms. The van der Waals surface area contributed by atoms with E-state index in [2.05, 4.69) is 10.3 Å². The highest BCUT2D eigenvalue weighted by Crippen LogP contribution is 2.38. The highest BCUT2D eigenvalue weighted by Gasteiger charge is 2.55. The summed E-state index contributed by atoms with van der Waals surface area (Å²) in [5, 5.41) is 3.07. The van der Waals surface area contributed by atoms with Crippen LogP contribution in [0.15, 0.2) is 48.7 Å². The lowest BCUT2D eigenvalue weighted by atomic mass is 9.74. The van der Waals surface area contributed by atoms with Gasteiger partial charge in [-0.1, -0.05) is 37.6 Å². The number of para-hydroxylation sites is 1. The minimum absolute atomic E-state index is 0.00274. The van der Waals surface area contributed by atoms with Crippen molar-refractivity contribution >= 4 is 17.8 Å². The van der Waals surface area contributed by atoms with E-state index in [0.717, 1.165) is 23.4 Å². The lowest BCUT2D eigenvalue weighted by molar-refractivity contribution is -0.140. The van der Waals surface area contributed by atoms with Crippen LogP contribution in [0.3, 0.4) is 0 Å². The summed E-state index contributed by atoms with van der Waals surface area (Å²) in [4.78, 5) is 47.2. The second-order valence-electron chi connectivity index (χ2n) is 9.70. The molecule has 3 aliphatic heterocycles. The molecule has 1 N–H and O–H groups in total. The lowest BCUT2D eigenvalue weighted by Crippen LogP contribution is -2.57. The number of carbonyl (C=O) groups is 3. The average molecular weight is 477 g/mol. The second-order valence-corrected chi connectivity index (χ2v) is 9.70. The first-order valence-corrected chi connectivity index (χ1v) is 12.6. The molecule has 0 radical (unpaired) electrons. The van der Waals surface area contributed by atoms with Gasteiger partial charge in [0.1, 0.15) is 11.3 Å². The quantitative estimate of drug-likeness (QED) is 0.621. The summed E-state index contributed by atoms with van der Waals surface area (Å²) in [5.74, 6) is 0.639. The van der Waals surface area contributed by atoms with Crippen LogP contribution in [-0.2, 0) is 22.4 Å². The molecule has 8 heteroatoms. The Hall–Kier alpha value is -3.42. The third-order valence-corrected chi connectivity index (χ3v) is 7.59. The van der Waals surface area contributed by atoms with E-state index < -0.39 is 11.6 Å². The van der Waals surface area contributed by atoms with Crippen molar-refractivity contribution in [2.45, 2.75) is 57.1 Å². The second kappa shape index (κ2) is 9.68. The van der Waals surface area contributed by atoms with Gasteiger partial charge in [0.2, 0.25) is 0 Å². The summed E-state index contributed by atoms with van der Waals surface area (Å²) < 4.78 is 5.90. The maximum Gasteiger partial charge on any atom is 0.325 e. The molecule has 4 heterocycles. The number of rotatable bonds is 7. The number of hydrogen-bond acceptors (Lipinski definition) is 5. The zero-order chi connectivity index (χ0) is 24.4. The smallest absolute Gasteiger partial charge is 0.325 e. The summed E-state index contributed by atoms with van der Waals surface area (Å²) in [6, 6.07) is 13.1. The van der Waals surface area contributed by atoms with E-state index >= 15 is 0 Å². The molecule has 8 nitrogen and oxygen atoms in total. The van der Waals surface area contributed by atoms with Crippen LogP contribution >= 0.6 is 0 Å². The van der Waals surface area contributed by atoms with Gasteiger partial charge in [0.15, 0.2) is 6.10 Å². The predicted octanol–water partition coefficient (Wildman–Crippen LogP) is 2.96. The molecular formula is C27H32N4O4. The topological polar surface area (TPSA) is 91.8 Å². The lowest BCUT2D eigenvalue weighted by Gasteiger charge is -2.41. The highest BCUT2D eigenvalue weighted by atomic mass is 16.5. The third-order valence-electron chi connectivity index (χ3n) is 7.59. The van der Waals surface area contributed by atoms with E-state index in [0.29, 0.717) is 51.7 Å². The Morgan fingerprint density at radius 3 is 2.63 bits per heavy atom. The first-order valence-electron chi connectivity index (χ1n) is 12.6. The molecule has 2 saturated heterocycles. The largest absolute Gasteiger partial charge is 0.480 e. The molecule has 0 spiro atoms. The van der Waals surface area contributed by atoms with E-state index in [-0.39, 0.29) is 23.8 Å². The Morgan fingerprint density at radius 2 is 1.91 bits per heavy atom. The number of nitrogens with one attached hydrogen (secondary N) is 1. The van der Waals surface area contributed by atoms with Gasteiger partial charge in [-0.05, 0) is 48.9 Å². The van der Waals surface area contributed by atoms with E-state index in [1.165, 1.54) is 4.90 Å². The zero-order valence-corrected chi connectivity index (χ0v) is 20.1. The number of nitrogens with zero attached hydrogens (tertiary/aromatic N) is 3. The predicted molar refractivity (Wildman–Crippen MR) is 130 cm³/mol. The van der Waals surface area contributed by atoms with Crippen LogP contribution in [0.1, 0.15) is 43.9 Å². The van der Waals surface area contributed by atoms with Crippen molar-refractivity contribution in [3.05, 3.63) is 59.9 Å². The molecule has 5 rings (SSSR count). The number of aromatic nitrogens is 1. The molecule has 0 aliphatic carbocycles. The number of imide groups is 1. The van der Waals surface area contributed by atoms with Gasteiger partial charge in [-0.15, -0.1) is 0 Å². The summed E-state index contributed by atoms with van der Waals surface area (Å²) in [5.41, 5.74) is 1.02. The molecule has 184 valence electrons. The van der Waals surface area contributed by atoms with Crippen molar-refractivity contribution in [2.75, 3.05) is 19.6 Å². The van der Waals surface area contributed by atoms with E-state index in [4.69, 9.17) is 4.74 Å². The average Bonchev–Trinajstić information content (AvgIpc) is 3.42. The fraction of sp³-hybridized carbons (Fsp3) is 0.481. The monoisotopic (exact) mass is 476 g/mol. The van der Waals surface area contributed by atoms with Gasteiger partial charge in [-0.25, -0.2) is 4.79 Å². The SMILES string of the molecule is CCC[C@@]1(C2CCN(C(=O)[C@@H]3Cc4ccccc4O3)CC2)NC(=O)N(CCc2ccccn2)C1=O. The van der Waals surface area contributed by atoms with E-state index in [1.807, 2.05) is 54.3 Å². The van der Waals surface area contributed by atoms with Crippen LogP contribution in [0.2, 0.25) is 0 Å². The van der Waals surface area contributed by atoms with Crippen molar-refractivity contribution in [3.8, 4) is 5.75 Å². The van der Waals surface area contributed by atoms with Gasteiger partial charge >= 0.3 is 6.03 Å².